The Morgan fingerprint density at radius 1 is 1.27 bits per heavy atom. The van der Waals surface area contributed by atoms with Crippen LogP contribution in [0.15, 0.2) is 47.4 Å². The van der Waals surface area contributed by atoms with Crippen LogP contribution in [0.4, 0.5) is 13.2 Å². The van der Waals surface area contributed by atoms with Gasteiger partial charge in [0.05, 0.1) is 11.8 Å². The largest absolute Gasteiger partial charge is 0.416 e. The molecular weight excluding hydrogens is 399 g/mol. The van der Waals surface area contributed by atoms with Crippen molar-refractivity contribution in [1.82, 2.24) is 25.0 Å². The van der Waals surface area contributed by atoms with Crippen molar-refractivity contribution in [2.45, 2.75) is 25.4 Å². The minimum absolute atomic E-state index is 0.0354. The Balaban J connectivity index is 1.43. The number of likely N-dealkylation sites (tertiary alicyclic amines) is 1. The van der Waals surface area contributed by atoms with Gasteiger partial charge in [0.2, 0.25) is 11.7 Å². The SMILES string of the molecule is O=C(c1cccc(C(F)(F)F)c1)N1CCCC(Cc2nc(-c3cnccn3)no2)C1. The van der Waals surface area contributed by atoms with Crippen LogP contribution < -0.4 is 0 Å². The van der Waals surface area contributed by atoms with E-state index in [1.165, 1.54) is 24.5 Å². The third-order valence-electron chi connectivity index (χ3n) is 4.97. The molecule has 2 aromatic heterocycles. The first-order valence-electron chi connectivity index (χ1n) is 9.45. The quantitative estimate of drug-likeness (QED) is 0.644. The summed E-state index contributed by atoms with van der Waals surface area (Å²) < 4.78 is 44.1. The molecule has 1 aliphatic rings. The van der Waals surface area contributed by atoms with Crippen molar-refractivity contribution in [3.05, 3.63) is 59.9 Å². The zero-order chi connectivity index (χ0) is 21.1. The van der Waals surface area contributed by atoms with E-state index in [1.807, 2.05) is 0 Å². The van der Waals surface area contributed by atoms with Gasteiger partial charge in [0, 0.05) is 37.5 Å². The normalized spacial score (nSPS) is 17.2. The molecule has 3 heterocycles. The summed E-state index contributed by atoms with van der Waals surface area (Å²) in [5, 5.41) is 3.91. The number of carbonyl (C=O) groups excluding carboxylic acids is 1. The number of aromatic nitrogens is 4. The second-order valence-electron chi connectivity index (χ2n) is 7.14. The number of halogens is 3. The fourth-order valence-electron chi connectivity index (χ4n) is 3.53. The number of piperidine rings is 1. The van der Waals surface area contributed by atoms with Crippen LogP contribution in [0.2, 0.25) is 0 Å². The first-order chi connectivity index (χ1) is 14.4. The summed E-state index contributed by atoms with van der Waals surface area (Å²) >= 11 is 0. The van der Waals surface area contributed by atoms with Gasteiger partial charge in [0.1, 0.15) is 5.69 Å². The van der Waals surface area contributed by atoms with Gasteiger partial charge in [-0.05, 0) is 37.0 Å². The van der Waals surface area contributed by atoms with Crippen LogP contribution in [0.3, 0.4) is 0 Å². The number of hydrogen-bond acceptors (Lipinski definition) is 6. The van der Waals surface area contributed by atoms with E-state index in [9.17, 15) is 18.0 Å². The Hall–Kier alpha value is -3.30. The first-order valence-corrected chi connectivity index (χ1v) is 9.45. The molecule has 1 atom stereocenters. The predicted molar refractivity (Wildman–Crippen MR) is 99.1 cm³/mol. The van der Waals surface area contributed by atoms with Gasteiger partial charge < -0.3 is 9.42 Å². The molecule has 1 amide bonds. The lowest BCUT2D eigenvalue weighted by Gasteiger charge is -2.32. The fraction of sp³-hybridized carbons (Fsp3) is 0.350. The van der Waals surface area contributed by atoms with Crippen molar-refractivity contribution in [3.63, 3.8) is 0 Å². The molecule has 0 bridgehead atoms. The minimum atomic E-state index is -4.49. The Labute approximate surface area is 170 Å². The second-order valence-corrected chi connectivity index (χ2v) is 7.14. The molecule has 0 N–H and O–H groups in total. The van der Waals surface area contributed by atoms with Crippen LogP contribution in [0, 0.1) is 5.92 Å². The zero-order valence-electron chi connectivity index (χ0n) is 15.8. The van der Waals surface area contributed by atoms with Gasteiger partial charge >= 0.3 is 6.18 Å². The Morgan fingerprint density at radius 2 is 2.13 bits per heavy atom. The van der Waals surface area contributed by atoms with Gasteiger partial charge in [0.25, 0.3) is 5.91 Å². The number of alkyl halides is 3. The summed E-state index contributed by atoms with van der Waals surface area (Å²) in [4.78, 5) is 26.8. The van der Waals surface area contributed by atoms with E-state index >= 15 is 0 Å². The molecule has 1 aliphatic heterocycles. The molecule has 0 aliphatic carbocycles. The van der Waals surface area contributed by atoms with Crippen molar-refractivity contribution in [3.8, 4) is 11.5 Å². The maximum Gasteiger partial charge on any atom is 0.416 e. The summed E-state index contributed by atoms with van der Waals surface area (Å²) in [6.45, 7) is 0.915. The van der Waals surface area contributed by atoms with Crippen molar-refractivity contribution < 1.29 is 22.5 Å². The maximum atomic E-state index is 12.9. The van der Waals surface area contributed by atoms with Crippen LogP contribution in [0.25, 0.3) is 11.5 Å². The molecule has 1 aromatic carbocycles. The highest BCUT2D eigenvalue weighted by Gasteiger charge is 2.32. The summed E-state index contributed by atoms with van der Waals surface area (Å²) in [5.74, 6) is 0.431. The molecule has 0 saturated carbocycles. The van der Waals surface area contributed by atoms with E-state index in [2.05, 4.69) is 20.1 Å². The lowest BCUT2D eigenvalue weighted by atomic mass is 9.94. The van der Waals surface area contributed by atoms with Gasteiger partial charge in [0.15, 0.2) is 0 Å². The van der Waals surface area contributed by atoms with Crippen molar-refractivity contribution in [1.29, 1.82) is 0 Å². The van der Waals surface area contributed by atoms with Gasteiger partial charge in [-0.25, -0.2) is 4.98 Å². The minimum Gasteiger partial charge on any atom is -0.339 e. The molecule has 1 saturated heterocycles. The Morgan fingerprint density at radius 3 is 2.90 bits per heavy atom. The topological polar surface area (TPSA) is 85.0 Å². The van der Waals surface area contributed by atoms with E-state index in [4.69, 9.17) is 4.52 Å². The summed E-state index contributed by atoms with van der Waals surface area (Å²) in [6.07, 6.45) is 2.20. The zero-order valence-corrected chi connectivity index (χ0v) is 15.8. The van der Waals surface area contributed by atoms with Crippen molar-refractivity contribution >= 4 is 5.91 Å². The molecule has 0 spiro atoms. The molecular formula is C20H18F3N5O2. The highest BCUT2D eigenvalue weighted by atomic mass is 19.4. The van der Waals surface area contributed by atoms with E-state index < -0.39 is 17.6 Å². The monoisotopic (exact) mass is 417 g/mol. The van der Waals surface area contributed by atoms with E-state index in [0.29, 0.717) is 36.9 Å². The van der Waals surface area contributed by atoms with Gasteiger partial charge in [-0.1, -0.05) is 11.2 Å². The van der Waals surface area contributed by atoms with Crippen LogP contribution in [-0.4, -0.2) is 44.0 Å². The molecule has 30 heavy (non-hydrogen) atoms. The van der Waals surface area contributed by atoms with Gasteiger partial charge in [-0.2, -0.15) is 18.2 Å². The molecule has 10 heteroatoms. The molecule has 4 rings (SSSR count). The number of amides is 1. The first kappa shape index (κ1) is 20.0. The number of rotatable bonds is 4. The highest BCUT2D eigenvalue weighted by Crippen LogP contribution is 2.30. The van der Waals surface area contributed by atoms with E-state index in [-0.39, 0.29) is 11.5 Å². The summed E-state index contributed by atoms with van der Waals surface area (Å²) in [5.41, 5.74) is -0.296. The average Bonchev–Trinajstić information content (AvgIpc) is 3.22. The smallest absolute Gasteiger partial charge is 0.339 e. The summed E-state index contributed by atoms with van der Waals surface area (Å²) in [6, 6.07) is 4.52. The number of benzene rings is 1. The average molecular weight is 417 g/mol. The molecule has 7 nitrogen and oxygen atoms in total. The highest BCUT2D eigenvalue weighted by molar-refractivity contribution is 5.94. The van der Waals surface area contributed by atoms with Gasteiger partial charge in [-0.15, -0.1) is 0 Å². The Kier molecular flexibility index (Phi) is 5.47. The standard InChI is InChI=1S/C20H18F3N5O2/c21-20(22,23)15-5-1-4-14(10-15)19(29)28-8-2-3-13(12-28)9-17-26-18(27-30-17)16-11-24-6-7-25-16/h1,4-7,10-11,13H,2-3,8-9,12H2. The lowest BCUT2D eigenvalue weighted by molar-refractivity contribution is -0.137. The lowest BCUT2D eigenvalue weighted by Crippen LogP contribution is -2.40. The number of hydrogen-bond donors (Lipinski definition) is 0. The van der Waals surface area contributed by atoms with Crippen LogP contribution in [-0.2, 0) is 12.6 Å². The van der Waals surface area contributed by atoms with Crippen LogP contribution >= 0.6 is 0 Å². The molecule has 1 fully saturated rings. The predicted octanol–water partition coefficient (Wildman–Crippen LogP) is 3.64. The third kappa shape index (κ3) is 4.47. The third-order valence-corrected chi connectivity index (χ3v) is 4.97. The molecule has 3 aromatic rings. The van der Waals surface area contributed by atoms with Crippen LogP contribution in [0.5, 0.6) is 0 Å². The van der Waals surface area contributed by atoms with Crippen LogP contribution in [0.1, 0.15) is 34.7 Å². The van der Waals surface area contributed by atoms with E-state index in [0.717, 1.165) is 25.0 Å². The molecule has 1 unspecified atom stereocenters. The Bertz CT molecular complexity index is 1020. The second kappa shape index (κ2) is 8.21. The van der Waals surface area contributed by atoms with E-state index in [1.54, 1.807) is 11.1 Å². The number of nitrogens with zero attached hydrogens (tertiary/aromatic N) is 5. The maximum absolute atomic E-state index is 12.9. The molecule has 0 radical (unpaired) electrons. The van der Waals surface area contributed by atoms with Gasteiger partial charge in [-0.3, -0.25) is 9.78 Å². The number of carbonyl (C=O) groups is 1. The van der Waals surface area contributed by atoms with Crippen molar-refractivity contribution in [2.75, 3.05) is 13.1 Å². The van der Waals surface area contributed by atoms with Crippen molar-refractivity contribution in [2.24, 2.45) is 5.92 Å². The fourth-order valence-corrected chi connectivity index (χ4v) is 3.53. The molecule has 156 valence electrons. The summed E-state index contributed by atoms with van der Waals surface area (Å²) in [7, 11) is 0.